The maximum atomic E-state index is 13.5. The molecule has 1 amide bonds. The predicted molar refractivity (Wildman–Crippen MR) is 152 cm³/mol. The quantitative estimate of drug-likeness (QED) is 0.224. The molecule has 4 N–H and O–H groups in total. The number of rotatable bonds is 9. The molecule has 0 spiro atoms. The average Bonchev–Trinajstić information content (AvgIpc) is 3.43. The highest BCUT2D eigenvalue weighted by atomic mass is 35.5. The molecule has 10 nitrogen and oxygen atoms in total. The molecular formula is C27H27ClN6O4S. The van der Waals surface area contributed by atoms with E-state index in [4.69, 9.17) is 16.3 Å². The minimum atomic E-state index is -4.11. The van der Waals surface area contributed by atoms with Gasteiger partial charge in [-0.3, -0.25) is 9.52 Å². The maximum Gasteiger partial charge on any atom is 0.263 e. The van der Waals surface area contributed by atoms with Gasteiger partial charge in [0.05, 0.1) is 33.7 Å². The molecule has 0 unspecified atom stereocenters. The summed E-state index contributed by atoms with van der Waals surface area (Å²) in [6, 6.07) is 18.3. The summed E-state index contributed by atoms with van der Waals surface area (Å²) >= 11 is 6.37. The fourth-order valence-electron chi connectivity index (χ4n) is 4.31. The molecule has 39 heavy (non-hydrogen) atoms. The molecule has 0 bridgehead atoms. The van der Waals surface area contributed by atoms with Gasteiger partial charge in [0, 0.05) is 24.2 Å². The van der Waals surface area contributed by atoms with E-state index in [0.29, 0.717) is 39.6 Å². The number of sulfonamides is 1. The smallest absolute Gasteiger partial charge is 0.263 e. The molecule has 3 aromatic carbocycles. The summed E-state index contributed by atoms with van der Waals surface area (Å²) in [7, 11) is -2.58. The van der Waals surface area contributed by atoms with Gasteiger partial charge in [-0.15, -0.1) is 0 Å². The Bertz CT molecular complexity index is 1630. The molecule has 202 valence electrons. The second-order valence-corrected chi connectivity index (χ2v) is 11.1. The number of nitrogens with one attached hydrogen (secondary N) is 4. The van der Waals surface area contributed by atoms with E-state index in [9.17, 15) is 13.2 Å². The van der Waals surface area contributed by atoms with E-state index in [1.54, 1.807) is 48.5 Å². The molecule has 0 radical (unpaired) electrons. The van der Waals surface area contributed by atoms with E-state index >= 15 is 0 Å². The largest absolute Gasteiger partial charge is 0.497 e. The first-order valence-corrected chi connectivity index (χ1v) is 14.2. The van der Waals surface area contributed by atoms with Crippen molar-refractivity contribution in [3.63, 3.8) is 0 Å². The second kappa shape index (κ2) is 11.4. The van der Waals surface area contributed by atoms with Crippen molar-refractivity contribution in [1.29, 1.82) is 0 Å². The summed E-state index contributed by atoms with van der Waals surface area (Å²) in [5.41, 5.74) is 1.90. The molecule has 1 saturated heterocycles. The number of anilines is 4. The number of para-hydroxylation sites is 2. The van der Waals surface area contributed by atoms with Gasteiger partial charge in [-0.05, 0) is 61.9 Å². The minimum Gasteiger partial charge on any atom is -0.497 e. The van der Waals surface area contributed by atoms with E-state index in [2.05, 4.69) is 30.6 Å². The van der Waals surface area contributed by atoms with E-state index in [-0.39, 0.29) is 28.5 Å². The Balaban J connectivity index is 1.43. The number of amides is 1. The van der Waals surface area contributed by atoms with Crippen molar-refractivity contribution in [3.05, 3.63) is 71.8 Å². The number of hydrogen-bond donors (Lipinski definition) is 4. The number of nitrogens with zero attached hydrogens (tertiary/aromatic N) is 2. The number of methoxy groups -OCH3 is 1. The number of carbonyl (C=O) groups excluding carboxylic acids is 1. The summed E-state index contributed by atoms with van der Waals surface area (Å²) in [5.74, 6) is 0.509. The molecule has 0 aliphatic carbocycles. The summed E-state index contributed by atoms with van der Waals surface area (Å²) in [5, 5.41) is 9.54. The molecular weight excluding hydrogens is 540 g/mol. The SMILES string of the molecule is COc1ccc(Cl)c(Nc2nc3ccccc3nc2NS(=O)(=O)c2cccc(NC(=O)C[C@@H]3CCCN3)c2)c1. The average molecular weight is 567 g/mol. The zero-order chi connectivity index (χ0) is 27.4. The van der Waals surface area contributed by atoms with Crippen molar-refractivity contribution < 1.29 is 17.9 Å². The first-order chi connectivity index (χ1) is 18.8. The topological polar surface area (TPSA) is 134 Å². The molecule has 1 aliphatic rings. The highest BCUT2D eigenvalue weighted by Crippen LogP contribution is 2.33. The van der Waals surface area contributed by atoms with Crippen LogP contribution in [-0.2, 0) is 14.8 Å². The van der Waals surface area contributed by atoms with Crippen LogP contribution in [0, 0.1) is 0 Å². The molecule has 4 aromatic rings. The summed E-state index contributed by atoms with van der Waals surface area (Å²) in [6.07, 6.45) is 2.30. The van der Waals surface area contributed by atoms with Gasteiger partial charge in [-0.25, -0.2) is 18.4 Å². The Kier molecular flexibility index (Phi) is 7.82. The third-order valence-electron chi connectivity index (χ3n) is 6.25. The fraction of sp³-hybridized carbons (Fsp3) is 0.222. The van der Waals surface area contributed by atoms with Crippen LogP contribution in [0.25, 0.3) is 11.0 Å². The number of ether oxygens (including phenoxy) is 1. The lowest BCUT2D eigenvalue weighted by atomic mass is 10.1. The normalized spacial score (nSPS) is 15.2. The minimum absolute atomic E-state index is 0.0191. The Morgan fingerprint density at radius 2 is 1.82 bits per heavy atom. The molecule has 5 rings (SSSR count). The zero-order valence-corrected chi connectivity index (χ0v) is 22.6. The van der Waals surface area contributed by atoms with E-state index in [1.807, 2.05) is 6.07 Å². The number of hydrogen-bond acceptors (Lipinski definition) is 8. The monoisotopic (exact) mass is 566 g/mol. The Hall–Kier alpha value is -3.93. The van der Waals surface area contributed by atoms with Crippen molar-refractivity contribution >= 4 is 61.6 Å². The van der Waals surface area contributed by atoms with Gasteiger partial charge in [0.15, 0.2) is 11.6 Å². The van der Waals surface area contributed by atoms with Crippen LogP contribution in [0.3, 0.4) is 0 Å². The first kappa shape index (κ1) is 26.7. The van der Waals surface area contributed by atoms with Gasteiger partial charge in [0.25, 0.3) is 10.0 Å². The van der Waals surface area contributed by atoms with Gasteiger partial charge < -0.3 is 20.7 Å². The summed E-state index contributed by atoms with van der Waals surface area (Å²) in [6.45, 7) is 0.899. The lowest BCUT2D eigenvalue weighted by molar-refractivity contribution is -0.116. The molecule has 1 aromatic heterocycles. The molecule has 12 heteroatoms. The van der Waals surface area contributed by atoms with Gasteiger partial charge >= 0.3 is 0 Å². The first-order valence-electron chi connectivity index (χ1n) is 12.3. The number of aromatic nitrogens is 2. The van der Waals surface area contributed by atoms with Crippen molar-refractivity contribution in [2.75, 3.05) is 29.0 Å². The van der Waals surface area contributed by atoms with Crippen LogP contribution in [-0.4, -0.2) is 44.0 Å². The van der Waals surface area contributed by atoms with Crippen LogP contribution < -0.4 is 25.4 Å². The molecule has 1 atom stereocenters. The fourth-order valence-corrected chi connectivity index (χ4v) is 5.53. The van der Waals surface area contributed by atoms with Gasteiger partial charge in [-0.2, -0.15) is 0 Å². The number of fused-ring (bicyclic) bond motifs is 1. The Morgan fingerprint density at radius 3 is 2.54 bits per heavy atom. The lowest BCUT2D eigenvalue weighted by Crippen LogP contribution is -2.27. The van der Waals surface area contributed by atoms with Crippen LogP contribution in [0.15, 0.2) is 71.6 Å². The van der Waals surface area contributed by atoms with Gasteiger partial charge in [0.2, 0.25) is 5.91 Å². The standard InChI is InChI=1S/C27H27ClN6O4S/c1-38-19-11-12-21(28)24(16-19)33-26-27(32-23-10-3-2-9-22(23)31-26)34-39(36,37)20-8-4-6-18(14-20)30-25(35)15-17-7-5-13-29-17/h2-4,6,8-12,14,16-17,29H,5,7,13,15H2,1H3,(H,30,35)(H,31,33)(H,32,34)/t17-/m0/s1. The summed E-state index contributed by atoms with van der Waals surface area (Å²) < 4.78 is 34.7. The third-order valence-corrected chi connectivity index (χ3v) is 7.92. The predicted octanol–water partition coefficient (Wildman–Crippen LogP) is 4.92. The van der Waals surface area contributed by atoms with Gasteiger partial charge in [-0.1, -0.05) is 29.8 Å². The second-order valence-electron chi connectivity index (χ2n) is 9.06. The van der Waals surface area contributed by atoms with Crippen LogP contribution >= 0.6 is 11.6 Å². The highest BCUT2D eigenvalue weighted by Gasteiger charge is 2.21. The van der Waals surface area contributed by atoms with Crippen LogP contribution in [0.2, 0.25) is 5.02 Å². The lowest BCUT2D eigenvalue weighted by Gasteiger charge is -2.15. The third kappa shape index (κ3) is 6.39. The van der Waals surface area contributed by atoms with E-state index < -0.39 is 10.0 Å². The molecule has 1 aliphatic heterocycles. The summed E-state index contributed by atoms with van der Waals surface area (Å²) in [4.78, 5) is 21.5. The zero-order valence-electron chi connectivity index (χ0n) is 21.1. The van der Waals surface area contributed by atoms with Crippen LogP contribution in [0.5, 0.6) is 5.75 Å². The Morgan fingerprint density at radius 1 is 1.05 bits per heavy atom. The molecule has 1 fully saturated rings. The Labute approximate surface area is 231 Å². The molecule has 0 saturated carbocycles. The number of halogens is 1. The van der Waals surface area contributed by atoms with Crippen LogP contribution in [0.4, 0.5) is 23.0 Å². The molecule has 2 heterocycles. The maximum absolute atomic E-state index is 13.5. The van der Waals surface area contributed by atoms with Crippen molar-refractivity contribution in [3.8, 4) is 5.75 Å². The van der Waals surface area contributed by atoms with E-state index in [0.717, 1.165) is 19.4 Å². The number of carbonyl (C=O) groups is 1. The highest BCUT2D eigenvalue weighted by molar-refractivity contribution is 7.92. The van der Waals surface area contributed by atoms with Crippen molar-refractivity contribution in [2.45, 2.75) is 30.2 Å². The van der Waals surface area contributed by atoms with E-state index in [1.165, 1.54) is 19.2 Å². The van der Waals surface area contributed by atoms with Crippen LogP contribution in [0.1, 0.15) is 19.3 Å². The number of benzene rings is 3. The van der Waals surface area contributed by atoms with Crippen molar-refractivity contribution in [1.82, 2.24) is 15.3 Å². The van der Waals surface area contributed by atoms with Crippen molar-refractivity contribution in [2.24, 2.45) is 0 Å². The van der Waals surface area contributed by atoms with Gasteiger partial charge in [0.1, 0.15) is 5.75 Å².